The van der Waals surface area contributed by atoms with Crippen LogP contribution in [0, 0.1) is 0 Å². The zero-order valence-electron chi connectivity index (χ0n) is 18.3. The van der Waals surface area contributed by atoms with E-state index in [-0.39, 0.29) is 18.9 Å². The number of aliphatic hydroxyl groups excluding tert-OH is 1. The average molecular weight is 456 g/mol. The number of aliphatic hydroxyl groups is 1. The normalized spacial score (nSPS) is 14.0. The molecule has 0 aromatic heterocycles. The molecule has 0 aliphatic heterocycles. The minimum absolute atomic E-state index is 0.0840. The maximum absolute atomic E-state index is 12.6. The van der Waals surface area contributed by atoms with Crippen molar-refractivity contribution < 1.29 is 34.1 Å². The molecule has 1 aliphatic carbocycles. The Hall–Kier alpha value is -3.43. The number of methoxy groups -OCH3 is 1. The van der Waals surface area contributed by atoms with Gasteiger partial charge in [-0.15, -0.1) is 0 Å². The smallest absolute Gasteiger partial charge is 0.407 e. The molecule has 0 saturated heterocycles. The molecule has 1 aliphatic rings. The van der Waals surface area contributed by atoms with Crippen LogP contribution in [0.3, 0.4) is 0 Å². The first-order valence-electron chi connectivity index (χ1n) is 10.7. The number of aliphatic carboxylic acids is 1. The number of ether oxygens (including phenoxy) is 2. The fourth-order valence-electron chi connectivity index (χ4n) is 3.94. The van der Waals surface area contributed by atoms with Crippen LogP contribution in [-0.2, 0) is 19.1 Å². The molecule has 0 bridgehead atoms. The SMILES string of the molecule is COCCCC(NC(=O)OCC1c2ccccc2-c2ccccc21)C(=O)NC(CO)C(=O)O. The monoisotopic (exact) mass is 456 g/mol. The van der Waals surface area contributed by atoms with Crippen LogP contribution in [-0.4, -0.2) is 67.2 Å². The third-order valence-corrected chi connectivity index (χ3v) is 5.59. The summed E-state index contributed by atoms with van der Waals surface area (Å²) in [4.78, 5) is 36.2. The number of benzene rings is 2. The number of fused-ring (bicyclic) bond motifs is 3. The Kier molecular flexibility index (Phi) is 8.39. The first kappa shape index (κ1) is 24.2. The lowest BCUT2D eigenvalue weighted by atomic mass is 9.98. The van der Waals surface area contributed by atoms with Crippen molar-refractivity contribution in [2.75, 3.05) is 26.9 Å². The van der Waals surface area contributed by atoms with Crippen molar-refractivity contribution in [2.24, 2.45) is 0 Å². The van der Waals surface area contributed by atoms with Crippen LogP contribution in [0.25, 0.3) is 11.1 Å². The highest BCUT2D eigenvalue weighted by Crippen LogP contribution is 2.44. The molecule has 4 N–H and O–H groups in total. The van der Waals surface area contributed by atoms with Gasteiger partial charge in [-0.2, -0.15) is 0 Å². The van der Waals surface area contributed by atoms with Crippen molar-refractivity contribution in [3.8, 4) is 11.1 Å². The van der Waals surface area contributed by atoms with Crippen molar-refractivity contribution in [3.63, 3.8) is 0 Å². The second-order valence-corrected chi connectivity index (χ2v) is 7.74. The number of amides is 2. The predicted octanol–water partition coefficient (Wildman–Crippen LogP) is 1.88. The molecule has 9 heteroatoms. The summed E-state index contributed by atoms with van der Waals surface area (Å²) in [5.74, 6) is -2.22. The molecule has 9 nitrogen and oxygen atoms in total. The van der Waals surface area contributed by atoms with Gasteiger partial charge in [0.2, 0.25) is 5.91 Å². The van der Waals surface area contributed by atoms with Crippen molar-refractivity contribution in [1.29, 1.82) is 0 Å². The van der Waals surface area contributed by atoms with Gasteiger partial charge >= 0.3 is 12.1 Å². The lowest BCUT2D eigenvalue weighted by Gasteiger charge is -2.21. The first-order valence-corrected chi connectivity index (χ1v) is 10.7. The van der Waals surface area contributed by atoms with E-state index in [2.05, 4.69) is 10.6 Å². The van der Waals surface area contributed by atoms with E-state index in [1.165, 1.54) is 7.11 Å². The van der Waals surface area contributed by atoms with Crippen molar-refractivity contribution in [1.82, 2.24) is 10.6 Å². The third-order valence-electron chi connectivity index (χ3n) is 5.59. The van der Waals surface area contributed by atoms with Crippen LogP contribution in [0.15, 0.2) is 48.5 Å². The Balaban J connectivity index is 1.65. The number of carbonyl (C=O) groups excluding carboxylic acids is 2. The summed E-state index contributed by atoms with van der Waals surface area (Å²) in [5, 5.41) is 23.0. The van der Waals surface area contributed by atoms with Gasteiger partial charge in [-0.1, -0.05) is 48.5 Å². The van der Waals surface area contributed by atoms with Crippen LogP contribution in [0.4, 0.5) is 4.79 Å². The highest BCUT2D eigenvalue weighted by atomic mass is 16.5. The van der Waals surface area contributed by atoms with Gasteiger partial charge in [0.05, 0.1) is 6.61 Å². The summed E-state index contributed by atoms with van der Waals surface area (Å²) < 4.78 is 10.5. The molecule has 0 fully saturated rings. The summed E-state index contributed by atoms with van der Waals surface area (Å²) in [6.07, 6.45) is -0.123. The number of carboxylic acids is 1. The molecule has 2 aromatic carbocycles. The standard InChI is InChI=1S/C24H28N2O7/c1-32-12-6-11-20(22(28)25-21(13-27)23(29)30)26-24(31)33-14-19-17-9-4-2-7-15(17)16-8-3-5-10-18(16)19/h2-5,7-10,19-21,27H,6,11-14H2,1H3,(H,25,28)(H,26,31)(H,29,30). The molecule has 2 aromatic rings. The van der Waals surface area contributed by atoms with Crippen molar-refractivity contribution in [2.45, 2.75) is 30.8 Å². The van der Waals surface area contributed by atoms with Crippen molar-refractivity contribution in [3.05, 3.63) is 59.7 Å². The molecule has 0 spiro atoms. The highest BCUT2D eigenvalue weighted by molar-refractivity contribution is 5.89. The van der Waals surface area contributed by atoms with E-state index in [1.807, 2.05) is 48.5 Å². The second kappa shape index (κ2) is 11.4. The molecule has 2 amide bonds. The van der Waals surface area contributed by atoms with Crippen LogP contribution in [0.2, 0.25) is 0 Å². The summed E-state index contributed by atoms with van der Waals surface area (Å²) in [6.45, 7) is -0.323. The predicted molar refractivity (Wildman–Crippen MR) is 120 cm³/mol. The largest absolute Gasteiger partial charge is 0.480 e. The van der Waals surface area contributed by atoms with E-state index >= 15 is 0 Å². The molecule has 0 radical (unpaired) electrons. The zero-order chi connectivity index (χ0) is 23.8. The lowest BCUT2D eigenvalue weighted by Crippen LogP contribution is -2.52. The molecule has 33 heavy (non-hydrogen) atoms. The molecule has 2 atom stereocenters. The quantitative estimate of drug-likeness (QED) is 0.379. The number of alkyl carbamates (subject to hydrolysis) is 1. The van der Waals surface area contributed by atoms with Gasteiger partial charge in [0.15, 0.2) is 0 Å². The van der Waals surface area contributed by atoms with E-state index in [4.69, 9.17) is 19.7 Å². The number of carboxylic acid groups (broad SMARTS) is 1. The molecule has 176 valence electrons. The number of hydrogen-bond donors (Lipinski definition) is 4. The third kappa shape index (κ3) is 5.88. The molecular weight excluding hydrogens is 428 g/mol. The molecule has 0 heterocycles. The van der Waals surface area contributed by atoms with Crippen LogP contribution >= 0.6 is 0 Å². The van der Waals surface area contributed by atoms with Gasteiger partial charge < -0.3 is 30.3 Å². The topological polar surface area (TPSA) is 134 Å². The lowest BCUT2D eigenvalue weighted by molar-refractivity contribution is -0.143. The fraction of sp³-hybridized carbons (Fsp3) is 0.375. The van der Waals surface area contributed by atoms with Gasteiger partial charge in [0, 0.05) is 19.6 Å². The fourth-order valence-corrected chi connectivity index (χ4v) is 3.94. The van der Waals surface area contributed by atoms with E-state index in [9.17, 15) is 14.4 Å². The Morgan fingerprint density at radius 2 is 1.58 bits per heavy atom. The number of hydrogen-bond acceptors (Lipinski definition) is 6. The Labute approximate surface area is 191 Å². The summed E-state index contributed by atoms with van der Waals surface area (Å²) in [6, 6.07) is 13.4. The van der Waals surface area contributed by atoms with Crippen LogP contribution in [0.1, 0.15) is 29.9 Å². The first-order chi connectivity index (χ1) is 16.0. The van der Waals surface area contributed by atoms with Gasteiger partial charge in [0.25, 0.3) is 0 Å². The Bertz CT molecular complexity index is 949. The molecular formula is C24H28N2O7. The number of nitrogens with one attached hydrogen (secondary N) is 2. The van der Waals surface area contributed by atoms with Gasteiger partial charge in [-0.25, -0.2) is 9.59 Å². The number of carbonyl (C=O) groups is 3. The van der Waals surface area contributed by atoms with E-state index in [1.54, 1.807) is 0 Å². The highest BCUT2D eigenvalue weighted by Gasteiger charge is 2.30. The zero-order valence-corrected chi connectivity index (χ0v) is 18.3. The Morgan fingerprint density at radius 1 is 0.970 bits per heavy atom. The van der Waals surface area contributed by atoms with Crippen molar-refractivity contribution >= 4 is 18.0 Å². The average Bonchev–Trinajstić information content (AvgIpc) is 3.14. The molecule has 3 rings (SSSR count). The van der Waals surface area contributed by atoms with Crippen LogP contribution in [0.5, 0.6) is 0 Å². The van der Waals surface area contributed by atoms with Crippen LogP contribution < -0.4 is 10.6 Å². The van der Waals surface area contributed by atoms with Gasteiger partial charge in [-0.05, 0) is 35.1 Å². The minimum Gasteiger partial charge on any atom is -0.480 e. The maximum Gasteiger partial charge on any atom is 0.407 e. The minimum atomic E-state index is -1.47. The van der Waals surface area contributed by atoms with E-state index in [0.717, 1.165) is 22.3 Å². The van der Waals surface area contributed by atoms with E-state index < -0.39 is 36.7 Å². The Morgan fingerprint density at radius 3 is 2.12 bits per heavy atom. The van der Waals surface area contributed by atoms with Gasteiger partial charge in [-0.3, -0.25) is 4.79 Å². The summed E-state index contributed by atoms with van der Waals surface area (Å²) in [7, 11) is 1.51. The summed E-state index contributed by atoms with van der Waals surface area (Å²) in [5.41, 5.74) is 4.33. The molecule has 0 saturated carbocycles. The van der Waals surface area contributed by atoms with E-state index in [0.29, 0.717) is 13.0 Å². The molecule has 2 unspecified atom stereocenters. The number of rotatable bonds is 11. The second-order valence-electron chi connectivity index (χ2n) is 7.74. The van der Waals surface area contributed by atoms with Gasteiger partial charge in [0.1, 0.15) is 18.7 Å². The summed E-state index contributed by atoms with van der Waals surface area (Å²) >= 11 is 0. The maximum atomic E-state index is 12.6.